The van der Waals surface area contributed by atoms with Gasteiger partial charge in [-0.2, -0.15) is 0 Å². The number of hydrogen-bond donors (Lipinski definition) is 2. The number of nitrogens with one attached hydrogen (secondary N) is 2. The normalized spacial score (nSPS) is 12.4. The Morgan fingerprint density at radius 3 is 1.27 bits per heavy atom. The van der Waals surface area contributed by atoms with Crippen LogP contribution >= 0.6 is 0 Å². The number of amides is 2. The summed E-state index contributed by atoms with van der Waals surface area (Å²) in [6, 6.07) is 17.5. The van der Waals surface area contributed by atoms with Crippen LogP contribution in [0.25, 0.3) is 0 Å². The average molecular weight is 555 g/mol. The molecule has 10 nitrogen and oxygen atoms in total. The van der Waals surface area contributed by atoms with Gasteiger partial charge in [-0.1, -0.05) is 88.4 Å². The molecule has 0 heterocycles. The van der Waals surface area contributed by atoms with Gasteiger partial charge in [0.2, 0.25) is 0 Å². The summed E-state index contributed by atoms with van der Waals surface area (Å²) in [6.45, 7) is 7.45. The van der Waals surface area contributed by atoms with Gasteiger partial charge >= 0.3 is 24.1 Å². The first-order chi connectivity index (χ1) is 19.1. The SMILES string of the molecule is CC(C)[C@@H](COC(=O)/C=C/C(=O)OC[C@@H](NC(=O)OCc1ccccc1)C(C)C)NC(=O)OCc1ccccc1. The Morgan fingerprint density at radius 2 is 0.950 bits per heavy atom. The van der Waals surface area contributed by atoms with Crippen molar-refractivity contribution < 1.29 is 38.1 Å². The van der Waals surface area contributed by atoms with Crippen molar-refractivity contribution in [3.63, 3.8) is 0 Å². The van der Waals surface area contributed by atoms with Gasteiger partial charge in [-0.3, -0.25) is 0 Å². The second-order valence-electron chi connectivity index (χ2n) is 9.71. The predicted octanol–water partition coefficient (Wildman–Crippen LogP) is 4.53. The molecule has 0 fully saturated rings. The van der Waals surface area contributed by atoms with E-state index in [2.05, 4.69) is 10.6 Å². The van der Waals surface area contributed by atoms with E-state index in [1.165, 1.54) is 0 Å². The highest BCUT2D eigenvalue weighted by Crippen LogP contribution is 2.07. The van der Waals surface area contributed by atoms with E-state index in [0.717, 1.165) is 23.3 Å². The highest BCUT2D eigenvalue weighted by atomic mass is 16.6. The standard InChI is InChI=1S/C30H38N2O8/c1-21(2)25(31-29(35)39-17-23-11-7-5-8-12-23)19-37-27(33)15-16-28(34)38-20-26(22(3)4)32-30(36)40-18-24-13-9-6-10-14-24/h5-16,21-22,25-26H,17-20H2,1-4H3,(H,31,35)(H,32,36)/b16-15+/t25-,26-/m1/s1. The molecule has 0 saturated carbocycles. The molecule has 0 bridgehead atoms. The molecule has 2 N–H and O–H groups in total. The Morgan fingerprint density at radius 1 is 0.600 bits per heavy atom. The molecule has 216 valence electrons. The second-order valence-corrected chi connectivity index (χ2v) is 9.71. The number of carbonyl (C=O) groups excluding carboxylic acids is 4. The van der Waals surface area contributed by atoms with Gasteiger partial charge in [0.25, 0.3) is 0 Å². The van der Waals surface area contributed by atoms with E-state index >= 15 is 0 Å². The third-order valence-electron chi connectivity index (χ3n) is 5.81. The van der Waals surface area contributed by atoms with Crippen LogP contribution in [0.3, 0.4) is 0 Å². The molecule has 2 aromatic carbocycles. The molecule has 0 aliphatic heterocycles. The fourth-order valence-corrected chi connectivity index (χ4v) is 3.21. The molecular weight excluding hydrogens is 516 g/mol. The zero-order valence-corrected chi connectivity index (χ0v) is 23.3. The molecule has 0 saturated heterocycles. The molecule has 2 aromatic rings. The van der Waals surface area contributed by atoms with Crippen LogP contribution in [0.1, 0.15) is 38.8 Å². The monoisotopic (exact) mass is 554 g/mol. The maximum Gasteiger partial charge on any atom is 0.407 e. The summed E-state index contributed by atoms with van der Waals surface area (Å²) in [4.78, 5) is 48.5. The number of benzene rings is 2. The summed E-state index contributed by atoms with van der Waals surface area (Å²) in [5, 5.41) is 5.37. The quantitative estimate of drug-likeness (QED) is 0.198. The first-order valence-electron chi connectivity index (χ1n) is 13.1. The molecule has 2 amide bonds. The van der Waals surface area contributed by atoms with Gasteiger partial charge in [0, 0.05) is 12.2 Å². The van der Waals surface area contributed by atoms with Gasteiger partial charge in [0.05, 0.1) is 12.1 Å². The largest absolute Gasteiger partial charge is 0.460 e. The molecule has 0 spiro atoms. The maximum absolute atomic E-state index is 12.2. The molecule has 40 heavy (non-hydrogen) atoms. The summed E-state index contributed by atoms with van der Waals surface area (Å²) < 4.78 is 20.8. The average Bonchev–Trinajstić information content (AvgIpc) is 2.94. The van der Waals surface area contributed by atoms with Gasteiger partial charge in [-0.15, -0.1) is 0 Å². The molecular formula is C30H38N2O8. The topological polar surface area (TPSA) is 129 Å². The molecule has 10 heteroatoms. The molecule has 0 aromatic heterocycles. The number of esters is 2. The van der Waals surface area contributed by atoms with Crippen molar-refractivity contribution in [2.75, 3.05) is 13.2 Å². The Hall–Kier alpha value is -4.34. The number of alkyl carbamates (subject to hydrolysis) is 2. The van der Waals surface area contributed by atoms with Crippen LogP contribution < -0.4 is 10.6 Å². The van der Waals surface area contributed by atoms with Crippen molar-refractivity contribution in [2.24, 2.45) is 11.8 Å². The van der Waals surface area contributed by atoms with Crippen LogP contribution in [0.15, 0.2) is 72.8 Å². The van der Waals surface area contributed by atoms with Crippen molar-refractivity contribution in [3.8, 4) is 0 Å². The summed E-state index contributed by atoms with van der Waals surface area (Å²) in [6.07, 6.45) is 0.628. The second kappa shape index (κ2) is 17.3. The molecule has 0 aliphatic carbocycles. The highest BCUT2D eigenvalue weighted by molar-refractivity contribution is 5.91. The van der Waals surface area contributed by atoms with E-state index in [1.54, 1.807) is 0 Å². The van der Waals surface area contributed by atoms with Crippen LogP contribution in [-0.4, -0.2) is 49.4 Å². The Balaban J connectivity index is 1.72. The van der Waals surface area contributed by atoms with Gasteiger partial charge in [-0.25, -0.2) is 19.2 Å². The van der Waals surface area contributed by atoms with Crippen molar-refractivity contribution in [2.45, 2.75) is 53.0 Å². The van der Waals surface area contributed by atoms with Crippen LogP contribution in [-0.2, 0) is 41.8 Å². The van der Waals surface area contributed by atoms with Gasteiger partial charge in [0.1, 0.15) is 26.4 Å². The van der Waals surface area contributed by atoms with E-state index in [1.807, 2.05) is 88.4 Å². The summed E-state index contributed by atoms with van der Waals surface area (Å²) in [7, 11) is 0. The lowest BCUT2D eigenvalue weighted by molar-refractivity contribution is -0.141. The smallest absolute Gasteiger partial charge is 0.407 e. The van der Waals surface area contributed by atoms with E-state index in [-0.39, 0.29) is 38.3 Å². The summed E-state index contributed by atoms with van der Waals surface area (Å²) >= 11 is 0. The van der Waals surface area contributed by atoms with Crippen LogP contribution in [0.4, 0.5) is 9.59 Å². The number of carbonyl (C=O) groups is 4. The van der Waals surface area contributed by atoms with Gasteiger partial charge in [0.15, 0.2) is 0 Å². The first-order valence-corrected chi connectivity index (χ1v) is 13.1. The summed E-state index contributed by atoms with van der Waals surface area (Å²) in [5.41, 5.74) is 1.70. The Labute approximate surface area is 235 Å². The van der Waals surface area contributed by atoms with Crippen molar-refractivity contribution >= 4 is 24.1 Å². The zero-order valence-electron chi connectivity index (χ0n) is 23.3. The Bertz CT molecular complexity index is 1020. The minimum atomic E-state index is -0.773. The first kappa shape index (κ1) is 31.9. The predicted molar refractivity (Wildman–Crippen MR) is 148 cm³/mol. The van der Waals surface area contributed by atoms with Crippen LogP contribution in [0.2, 0.25) is 0 Å². The lowest BCUT2D eigenvalue weighted by Crippen LogP contribution is -2.42. The maximum atomic E-state index is 12.2. The third kappa shape index (κ3) is 12.9. The lowest BCUT2D eigenvalue weighted by Gasteiger charge is -2.21. The van der Waals surface area contributed by atoms with Gasteiger partial charge in [-0.05, 0) is 23.0 Å². The minimum Gasteiger partial charge on any atom is -0.460 e. The number of hydrogen-bond acceptors (Lipinski definition) is 8. The van der Waals surface area contributed by atoms with E-state index < -0.39 is 36.2 Å². The molecule has 2 atom stereocenters. The minimum absolute atomic E-state index is 0.0501. The molecule has 0 aliphatic rings. The van der Waals surface area contributed by atoms with Gasteiger partial charge < -0.3 is 29.6 Å². The van der Waals surface area contributed by atoms with Crippen molar-refractivity contribution in [1.29, 1.82) is 0 Å². The van der Waals surface area contributed by atoms with E-state index in [9.17, 15) is 19.2 Å². The molecule has 2 rings (SSSR count). The number of ether oxygens (including phenoxy) is 4. The third-order valence-corrected chi connectivity index (χ3v) is 5.81. The van der Waals surface area contributed by atoms with Crippen LogP contribution in [0.5, 0.6) is 0 Å². The van der Waals surface area contributed by atoms with E-state index in [0.29, 0.717) is 0 Å². The molecule has 0 unspecified atom stereocenters. The number of rotatable bonds is 14. The lowest BCUT2D eigenvalue weighted by atomic mass is 10.1. The summed E-state index contributed by atoms with van der Waals surface area (Å²) in [5.74, 6) is -1.65. The van der Waals surface area contributed by atoms with E-state index in [4.69, 9.17) is 18.9 Å². The fourth-order valence-electron chi connectivity index (χ4n) is 3.21. The zero-order chi connectivity index (χ0) is 29.3. The Kier molecular flexibility index (Phi) is 13.8. The van der Waals surface area contributed by atoms with Crippen molar-refractivity contribution in [1.82, 2.24) is 10.6 Å². The highest BCUT2D eigenvalue weighted by Gasteiger charge is 2.20. The van der Waals surface area contributed by atoms with Crippen molar-refractivity contribution in [3.05, 3.63) is 83.9 Å². The fraction of sp³-hybridized carbons (Fsp3) is 0.400. The van der Waals surface area contributed by atoms with Crippen LogP contribution in [0, 0.1) is 11.8 Å². The molecule has 0 radical (unpaired) electrons.